The Balaban J connectivity index is 1.95. The summed E-state index contributed by atoms with van der Waals surface area (Å²) in [6.07, 6.45) is 4.26. The molecule has 0 amide bonds. The number of halogens is 1. The first kappa shape index (κ1) is 8.27. The van der Waals surface area contributed by atoms with E-state index in [4.69, 9.17) is 0 Å². The molecule has 13 heavy (non-hydrogen) atoms. The zero-order valence-corrected chi connectivity index (χ0v) is 9.97. The van der Waals surface area contributed by atoms with E-state index in [1.54, 1.807) is 5.56 Å². The number of alkyl halides is 1. The van der Waals surface area contributed by atoms with Gasteiger partial charge < -0.3 is 0 Å². The quantitative estimate of drug-likeness (QED) is 0.546. The zero-order valence-electron chi connectivity index (χ0n) is 7.81. The molecule has 1 aromatic rings. The van der Waals surface area contributed by atoms with Crippen LogP contribution in [0.3, 0.4) is 0 Å². The highest BCUT2D eigenvalue weighted by Gasteiger charge is 2.66. The molecule has 0 heterocycles. The molecule has 1 heteroatoms. The van der Waals surface area contributed by atoms with Crippen molar-refractivity contribution < 1.29 is 0 Å². The summed E-state index contributed by atoms with van der Waals surface area (Å²) in [4.78, 5) is 0. The molecule has 0 atom stereocenters. The maximum absolute atomic E-state index is 2.64. The summed E-state index contributed by atoms with van der Waals surface area (Å²) in [5.41, 5.74) is 3.60. The van der Waals surface area contributed by atoms with Crippen LogP contribution in [0.1, 0.15) is 30.4 Å². The van der Waals surface area contributed by atoms with Crippen LogP contribution in [0, 0.1) is 6.92 Å². The predicted octanol–water partition coefficient (Wildman–Crippen LogP) is 3.60. The molecule has 3 fully saturated rings. The van der Waals surface area contributed by atoms with Crippen molar-refractivity contribution in [1.82, 2.24) is 0 Å². The molecular formula is C12H13I. The second kappa shape index (κ2) is 2.30. The lowest BCUT2D eigenvalue weighted by Crippen LogP contribution is -2.65. The molecule has 0 aromatic heterocycles. The van der Waals surface area contributed by atoms with Crippen molar-refractivity contribution in [2.24, 2.45) is 0 Å². The van der Waals surface area contributed by atoms with Gasteiger partial charge in [-0.3, -0.25) is 0 Å². The minimum atomic E-state index is 0.604. The summed E-state index contributed by atoms with van der Waals surface area (Å²) < 4.78 is 0.696. The lowest BCUT2D eigenvalue weighted by Gasteiger charge is -2.68. The fraction of sp³-hybridized carbons (Fsp3) is 0.500. The van der Waals surface area contributed by atoms with Gasteiger partial charge in [-0.15, -0.1) is 0 Å². The highest BCUT2D eigenvalue weighted by molar-refractivity contribution is 14.1. The molecule has 0 unspecified atom stereocenters. The Morgan fingerprint density at radius 2 is 1.92 bits per heavy atom. The average molecular weight is 284 g/mol. The van der Waals surface area contributed by atoms with Crippen LogP contribution in [0.25, 0.3) is 0 Å². The Kier molecular flexibility index (Phi) is 1.46. The topological polar surface area (TPSA) is 0 Å². The molecule has 0 radical (unpaired) electrons. The lowest BCUT2D eigenvalue weighted by molar-refractivity contribution is 0.0220. The van der Waals surface area contributed by atoms with Crippen molar-refractivity contribution in [1.29, 1.82) is 0 Å². The number of aryl methyl sites for hydroxylation is 1. The molecule has 2 bridgehead atoms. The molecule has 3 aliphatic rings. The van der Waals surface area contributed by atoms with Crippen LogP contribution < -0.4 is 0 Å². The monoisotopic (exact) mass is 284 g/mol. The second-order valence-electron chi connectivity index (χ2n) is 4.83. The van der Waals surface area contributed by atoms with Gasteiger partial charge in [0.2, 0.25) is 0 Å². The van der Waals surface area contributed by atoms with Gasteiger partial charge in [0.25, 0.3) is 0 Å². The molecule has 0 spiro atoms. The Morgan fingerprint density at radius 3 is 2.46 bits per heavy atom. The molecule has 4 rings (SSSR count). The first-order valence-electron chi connectivity index (χ1n) is 4.88. The van der Waals surface area contributed by atoms with Crippen LogP contribution in [0.15, 0.2) is 24.3 Å². The van der Waals surface area contributed by atoms with Gasteiger partial charge in [-0.05, 0) is 37.2 Å². The third-order valence-corrected chi connectivity index (χ3v) is 4.74. The Labute approximate surface area is 92.9 Å². The Morgan fingerprint density at radius 1 is 1.23 bits per heavy atom. The standard InChI is InChI=1S/C12H13I/c1-9-3-2-4-10(5-9)11-6-12(13,7-11)8-11/h2-5H,6-8H2,1H3. The number of rotatable bonds is 1. The predicted molar refractivity (Wildman–Crippen MR) is 63.5 cm³/mol. The third kappa shape index (κ3) is 1.03. The first-order chi connectivity index (χ1) is 6.12. The Hall–Kier alpha value is -0.0500. The SMILES string of the molecule is Cc1cccc(C23CC(I)(C2)C3)c1. The maximum atomic E-state index is 2.64. The smallest absolute Gasteiger partial charge is 0.0247 e. The highest BCUT2D eigenvalue weighted by atomic mass is 127. The van der Waals surface area contributed by atoms with Gasteiger partial charge in [-0.25, -0.2) is 0 Å². The van der Waals surface area contributed by atoms with E-state index < -0.39 is 0 Å². The van der Waals surface area contributed by atoms with Gasteiger partial charge in [0.15, 0.2) is 0 Å². The van der Waals surface area contributed by atoms with Gasteiger partial charge in [0.1, 0.15) is 0 Å². The average Bonchev–Trinajstić information content (AvgIpc) is 1.97. The van der Waals surface area contributed by atoms with Gasteiger partial charge in [0, 0.05) is 3.42 Å². The Bertz CT molecular complexity index is 347. The van der Waals surface area contributed by atoms with Gasteiger partial charge >= 0.3 is 0 Å². The molecular weight excluding hydrogens is 271 g/mol. The summed E-state index contributed by atoms with van der Waals surface area (Å²) in [6, 6.07) is 9.07. The molecule has 68 valence electrons. The van der Waals surface area contributed by atoms with E-state index in [1.165, 1.54) is 24.8 Å². The molecule has 0 aliphatic heterocycles. The fourth-order valence-electron chi connectivity index (χ4n) is 2.95. The highest BCUT2D eigenvalue weighted by Crippen LogP contribution is 2.72. The molecule has 3 aliphatic carbocycles. The number of hydrogen-bond donors (Lipinski definition) is 0. The second-order valence-corrected chi connectivity index (χ2v) is 7.12. The fourth-order valence-corrected chi connectivity index (χ4v) is 5.14. The van der Waals surface area contributed by atoms with Crippen LogP contribution in [0.4, 0.5) is 0 Å². The summed E-state index contributed by atoms with van der Waals surface area (Å²) in [5.74, 6) is 0. The normalized spacial score (nSPS) is 40.8. The summed E-state index contributed by atoms with van der Waals surface area (Å²) >= 11 is 2.64. The van der Waals surface area contributed by atoms with E-state index in [9.17, 15) is 0 Å². The number of benzene rings is 1. The van der Waals surface area contributed by atoms with Crippen LogP contribution in [0.2, 0.25) is 0 Å². The van der Waals surface area contributed by atoms with Crippen molar-refractivity contribution >= 4 is 22.6 Å². The van der Waals surface area contributed by atoms with Crippen LogP contribution in [-0.2, 0) is 5.41 Å². The van der Waals surface area contributed by atoms with Crippen LogP contribution in [-0.4, -0.2) is 3.42 Å². The summed E-state index contributed by atoms with van der Waals surface area (Å²) in [6.45, 7) is 2.19. The third-order valence-electron chi connectivity index (χ3n) is 3.60. The van der Waals surface area contributed by atoms with E-state index in [0.717, 1.165) is 0 Å². The molecule has 0 nitrogen and oxygen atoms in total. The van der Waals surface area contributed by atoms with Crippen molar-refractivity contribution in [3.63, 3.8) is 0 Å². The molecule has 0 saturated heterocycles. The van der Waals surface area contributed by atoms with Gasteiger partial charge in [0.05, 0.1) is 0 Å². The van der Waals surface area contributed by atoms with Crippen molar-refractivity contribution in [2.75, 3.05) is 0 Å². The maximum Gasteiger partial charge on any atom is 0.0247 e. The minimum absolute atomic E-state index is 0.604. The van der Waals surface area contributed by atoms with Crippen LogP contribution in [0.5, 0.6) is 0 Å². The van der Waals surface area contributed by atoms with Crippen molar-refractivity contribution in [3.8, 4) is 0 Å². The molecule has 1 aromatic carbocycles. The van der Waals surface area contributed by atoms with E-state index in [2.05, 4.69) is 53.8 Å². The van der Waals surface area contributed by atoms with E-state index in [1.807, 2.05) is 0 Å². The first-order valence-corrected chi connectivity index (χ1v) is 5.96. The van der Waals surface area contributed by atoms with E-state index in [-0.39, 0.29) is 0 Å². The zero-order chi connectivity index (χ0) is 9.10. The molecule has 3 saturated carbocycles. The van der Waals surface area contributed by atoms with E-state index in [0.29, 0.717) is 8.84 Å². The lowest BCUT2D eigenvalue weighted by atomic mass is 9.42. The number of hydrogen-bond acceptors (Lipinski definition) is 0. The van der Waals surface area contributed by atoms with E-state index >= 15 is 0 Å². The summed E-state index contributed by atoms with van der Waals surface area (Å²) in [7, 11) is 0. The summed E-state index contributed by atoms with van der Waals surface area (Å²) in [5, 5.41) is 0. The van der Waals surface area contributed by atoms with Crippen molar-refractivity contribution in [2.45, 2.75) is 35.0 Å². The largest absolute Gasteiger partial charge is 0.0788 e. The van der Waals surface area contributed by atoms with Gasteiger partial charge in [-0.2, -0.15) is 0 Å². The van der Waals surface area contributed by atoms with Crippen molar-refractivity contribution in [3.05, 3.63) is 35.4 Å². The minimum Gasteiger partial charge on any atom is -0.0788 e. The van der Waals surface area contributed by atoms with Crippen LogP contribution >= 0.6 is 22.6 Å². The van der Waals surface area contributed by atoms with Gasteiger partial charge in [-0.1, -0.05) is 52.4 Å². The molecule has 0 N–H and O–H groups in total.